The standard InChI is InChI=1S/C18H24F2N4O3/c1-13-3-4-14(11-15(13)24-9-10-27-18(24)26)21-17(25)23-6-2-5-22(7-8-23)12-16(19)20/h3-4,11,16H,2,5-10,12H2,1H3,(H,21,25). The molecule has 2 aliphatic heterocycles. The Bertz CT molecular complexity index is 701. The van der Waals surface area contributed by atoms with E-state index in [0.717, 1.165) is 5.56 Å². The molecule has 0 aromatic heterocycles. The lowest BCUT2D eigenvalue weighted by atomic mass is 10.1. The van der Waals surface area contributed by atoms with Crippen LogP contribution in [0.1, 0.15) is 12.0 Å². The van der Waals surface area contributed by atoms with Gasteiger partial charge in [-0.1, -0.05) is 6.07 Å². The molecule has 3 rings (SSSR count). The van der Waals surface area contributed by atoms with Gasteiger partial charge in [0.25, 0.3) is 6.43 Å². The second kappa shape index (κ2) is 8.51. The van der Waals surface area contributed by atoms with Gasteiger partial charge in [-0.15, -0.1) is 0 Å². The van der Waals surface area contributed by atoms with Crippen molar-refractivity contribution in [3.8, 4) is 0 Å². The van der Waals surface area contributed by atoms with Gasteiger partial charge >= 0.3 is 12.1 Å². The lowest BCUT2D eigenvalue weighted by Crippen LogP contribution is -2.38. The van der Waals surface area contributed by atoms with Crippen LogP contribution in [0.5, 0.6) is 0 Å². The number of halogens is 2. The number of carbonyl (C=O) groups excluding carboxylic acids is 2. The second-order valence-electron chi connectivity index (χ2n) is 6.73. The third kappa shape index (κ3) is 4.85. The molecule has 2 saturated heterocycles. The molecular weight excluding hydrogens is 358 g/mol. The third-order valence-electron chi connectivity index (χ3n) is 4.78. The molecule has 0 aliphatic carbocycles. The molecule has 0 atom stereocenters. The van der Waals surface area contributed by atoms with Crippen LogP contribution < -0.4 is 10.2 Å². The number of cyclic esters (lactones) is 1. The minimum atomic E-state index is -2.37. The summed E-state index contributed by atoms with van der Waals surface area (Å²) >= 11 is 0. The monoisotopic (exact) mass is 382 g/mol. The highest BCUT2D eigenvalue weighted by molar-refractivity contribution is 5.93. The Kier molecular flexibility index (Phi) is 6.10. The molecule has 9 heteroatoms. The van der Waals surface area contributed by atoms with Crippen LogP contribution >= 0.6 is 0 Å². The van der Waals surface area contributed by atoms with Crippen LogP contribution in [0.4, 0.5) is 29.7 Å². The molecule has 0 saturated carbocycles. The van der Waals surface area contributed by atoms with Crippen molar-refractivity contribution < 1.29 is 23.1 Å². The molecule has 148 valence electrons. The molecule has 1 aromatic rings. The first kappa shape index (κ1) is 19.3. The van der Waals surface area contributed by atoms with Crippen LogP contribution in [0, 0.1) is 6.92 Å². The fraction of sp³-hybridized carbons (Fsp3) is 0.556. The second-order valence-corrected chi connectivity index (χ2v) is 6.73. The Labute approximate surface area is 156 Å². The van der Waals surface area contributed by atoms with Crippen molar-refractivity contribution in [2.24, 2.45) is 0 Å². The van der Waals surface area contributed by atoms with E-state index in [1.165, 1.54) is 0 Å². The minimum absolute atomic E-state index is 0.261. The van der Waals surface area contributed by atoms with E-state index in [-0.39, 0.29) is 12.6 Å². The Balaban J connectivity index is 1.63. The van der Waals surface area contributed by atoms with Crippen LogP contribution in [0.2, 0.25) is 0 Å². The zero-order chi connectivity index (χ0) is 19.4. The maximum absolute atomic E-state index is 12.6. The van der Waals surface area contributed by atoms with Gasteiger partial charge in [-0.2, -0.15) is 0 Å². The Hall–Kier alpha value is -2.42. The van der Waals surface area contributed by atoms with Crippen molar-refractivity contribution in [2.45, 2.75) is 19.8 Å². The fourth-order valence-electron chi connectivity index (χ4n) is 3.34. The smallest absolute Gasteiger partial charge is 0.414 e. The normalized spacial score (nSPS) is 18.6. The topological polar surface area (TPSA) is 65.1 Å². The van der Waals surface area contributed by atoms with Crippen molar-refractivity contribution >= 4 is 23.5 Å². The van der Waals surface area contributed by atoms with E-state index in [2.05, 4.69) is 5.32 Å². The predicted octanol–water partition coefficient (Wildman–Crippen LogP) is 2.76. The SMILES string of the molecule is Cc1ccc(NC(=O)N2CCCN(CC(F)F)CC2)cc1N1CCOC1=O. The molecule has 2 fully saturated rings. The summed E-state index contributed by atoms with van der Waals surface area (Å²) in [6, 6.07) is 5.09. The van der Waals surface area contributed by atoms with Crippen molar-refractivity contribution in [1.29, 1.82) is 0 Å². The molecule has 7 nitrogen and oxygen atoms in total. The summed E-state index contributed by atoms with van der Waals surface area (Å²) in [5.41, 5.74) is 2.19. The largest absolute Gasteiger partial charge is 0.447 e. The van der Waals surface area contributed by atoms with Gasteiger partial charge < -0.3 is 15.0 Å². The van der Waals surface area contributed by atoms with Gasteiger partial charge in [0.15, 0.2) is 0 Å². The molecule has 0 bridgehead atoms. The molecule has 0 unspecified atom stereocenters. The number of hydrogen-bond donors (Lipinski definition) is 1. The number of hydrogen-bond acceptors (Lipinski definition) is 4. The Morgan fingerprint density at radius 2 is 2.04 bits per heavy atom. The summed E-state index contributed by atoms with van der Waals surface area (Å²) in [7, 11) is 0. The van der Waals surface area contributed by atoms with Gasteiger partial charge in [0, 0.05) is 31.9 Å². The Morgan fingerprint density at radius 3 is 2.74 bits per heavy atom. The number of carbonyl (C=O) groups is 2. The van der Waals surface area contributed by atoms with Gasteiger partial charge in [-0.25, -0.2) is 18.4 Å². The maximum Gasteiger partial charge on any atom is 0.414 e. The number of nitrogens with one attached hydrogen (secondary N) is 1. The number of anilines is 2. The van der Waals surface area contributed by atoms with E-state index in [0.29, 0.717) is 57.1 Å². The zero-order valence-corrected chi connectivity index (χ0v) is 15.3. The lowest BCUT2D eigenvalue weighted by Gasteiger charge is -2.23. The number of benzene rings is 1. The minimum Gasteiger partial charge on any atom is -0.447 e. The summed E-state index contributed by atoms with van der Waals surface area (Å²) in [5, 5.41) is 2.84. The molecule has 0 spiro atoms. The first-order chi connectivity index (χ1) is 12.9. The molecule has 1 N–H and O–H groups in total. The van der Waals surface area contributed by atoms with E-state index >= 15 is 0 Å². The maximum atomic E-state index is 12.6. The van der Waals surface area contributed by atoms with E-state index in [9.17, 15) is 18.4 Å². The van der Waals surface area contributed by atoms with Gasteiger partial charge in [-0.3, -0.25) is 9.80 Å². The van der Waals surface area contributed by atoms with Crippen molar-refractivity contribution in [3.05, 3.63) is 23.8 Å². The van der Waals surface area contributed by atoms with Crippen molar-refractivity contribution in [1.82, 2.24) is 9.80 Å². The first-order valence-corrected chi connectivity index (χ1v) is 9.05. The average Bonchev–Trinajstić information content (AvgIpc) is 2.90. The average molecular weight is 382 g/mol. The lowest BCUT2D eigenvalue weighted by molar-refractivity contribution is 0.0905. The molecule has 2 heterocycles. The van der Waals surface area contributed by atoms with Gasteiger partial charge in [0.05, 0.1) is 18.8 Å². The van der Waals surface area contributed by atoms with Gasteiger partial charge in [0.2, 0.25) is 0 Å². The predicted molar refractivity (Wildman–Crippen MR) is 97.5 cm³/mol. The number of urea groups is 1. The van der Waals surface area contributed by atoms with Crippen LogP contribution in [-0.4, -0.2) is 74.2 Å². The van der Waals surface area contributed by atoms with E-state index in [4.69, 9.17) is 4.74 Å². The van der Waals surface area contributed by atoms with E-state index in [1.807, 2.05) is 13.0 Å². The number of amides is 3. The summed E-state index contributed by atoms with van der Waals surface area (Å²) in [6.07, 6.45) is -2.11. The number of ether oxygens (including phenoxy) is 1. The fourth-order valence-corrected chi connectivity index (χ4v) is 3.34. The Morgan fingerprint density at radius 1 is 1.22 bits per heavy atom. The van der Waals surface area contributed by atoms with Crippen LogP contribution in [-0.2, 0) is 4.74 Å². The van der Waals surface area contributed by atoms with Crippen molar-refractivity contribution in [2.75, 3.05) is 56.1 Å². The van der Waals surface area contributed by atoms with Crippen LogP contribution in [0.15, 0.2) is 18.2 Å². The summed E-state index contributed by atoms with van der Waals surface area (Å²) in [5.74, 6) is 0. The molecule has 2 aliphatic rings. The molecule has 0 radical (unpaired) electrons. The summed E-state index contributed by atoms with van der Waals surface area (Å²) < 4.78 is 30.1. The molecule has 3 amide bonds. The number of alkyl halides is 2. The number of rotatable bonds is 4. The quantitative estimate of drug-likeness (QED) is 0.870. The summed E-state index contributed by atoms with van der Waals surface area (Å²) in [6.45, 7) is 4.34. The third-order valence-corrected chi connectivity index (χ3v) is 4.78. The highest BCUT2D eigenvalue weighted by atomic mass is 19.3. The van der Waals surface area contributed by atoms with Gasteiger partial charge in [-0.05, 0) is 31.0 Å². The molecule has 27 heavy (non-hydrogen) atoms. The summed E-state index contributed by atoms with van der Waals surface area (Å²) in [4.78, 5) is 29.2. The highest BCUT2D eigenvalue weighted by Gasteiger charge is 2.26. The number of aryl methyl sites for hydroxylation is 1. The molecular formula is C18H24F2N4O3. The van der Waals surface area contributed by atoms with E-state index in [1.54, 1.807) is 26.8 Å². The first-order valence-electron chi connectivity index (χ1n) is 9.05. The van der Waals surface area contributed by atoms with Crippen molar-refractivity contribution in [3.63, 3.8) is 0 Å². The molecule has 1 aromatic carbocycles. The van der Waals surface area contributed by atoms with Gasteiger partial charge in [0.1, 0.15) is 6.61 Å². The van der Waals surface area contributed by atoms with Crippen LogP contribution in [0.25, 0.3) is 0 Å². The van der Waals surface area contributed by atoms with E-state index < -0.39 is 12.5 Å². The zero-order valence-electron chi connectivity index (χ0n) is 15.3. The highest BCUT2D eigenvalue weighted by Crippen LogP contribution is 2.27. The van der Waals surface area contributed by atoms with Crippen LogP contribution in [0.3, 0.4) is 0 Å². The number of nitrogens with zero attached hydrogens (tertiary/aromatic N) is 3.